The predicted octanol–water partition coefficient (Wildman–Crippen LogP) is 5.54. The number of rotatable bonds is 6. The summed E-state index contributed by atoms with van der Waals surface area (Å²) < 4.78 is 0. The molecule has 0 atom stereocenters. The standard InChI is InChI=1S/C20H25NOS/c1-2-3-7-16-9-11-17(12-10-16)21-19(22)20(13-4-5-14-20)18-8-6-15-23-18/h6,8-12,15H,2-5,7,13-14H2,1H3,(H,21,22). The van der Waals surface area contributed by atoms with Gasteiger partial charge in [-0.25, -0.2) is 0 Å². The molecule has 0 bridgehead atoms. The SMILES string of the molecule is CCCCc1ccc(NC(=O)C2(c3cccs3)CCCC2)cc1. The largest absolute Gasteiger partial charge is 0.325 e. The third-order valence-corrected chi connectivity index (χ3v) is 5.99. The molecule has 1 aromatic heterocycles. The van der Waals surface area contributed by atoms with Crippen molar-refractivity contribution in [1.29, 1.82) is 0 Å². The normalized spacial score (nSPS) is 16.4. The first-order valence-corrected chi connectivity index (χ1v) is 9.57. The fourth-order valence-corrected chi connectivity index (χ4v) is 4.48. The molecule has 0 aliphatic heterocycles. The molecule has 1 heterocycles. The Morgan fingerprint density at radius 1 is 1.17 bits per heavy atom. The molecule has 3 heteroatoms. The van der Waals surface area contributed by atoms with Gasteiger partial charge in [-0.2, -0.15) is 0 Å². The molecule has 1 aliphatic rings. The summed E-state index contributed by atoms with van der Waals surface area (Å²) in [5.41, 5.74) is 1.95. The zero-order valence-electron chi connectivity index (χ0n) is 13.8. The molecule has 3 rings (SSSR count). The van der Waals surface area contributed by atoms with Crippen LogP contribution >= 0.6 is 11.3 Å². The number of hydrogen-bond acceptors (Lipinski definition) is 2. The third-order valence-electron chi connectivity index (χ3n) is 4.92. The summed E-state index contributed by atoms with van der Waals surface area (Å²) >= 11 is 1.71. The fraction of sp³-hybridized carbons (Fsp3) is 0.450. The zero-order valence-corrected chi connectivity index (χ0v) is 14.6. The van der Waals surface area contributed by atoms with Crippen LogP contribution in [-0.2, 0) is 16.6 Å². The number of benzene rings is 1. The van der Waals surface area contributed by atoms with E-state index in [4.69, 9.17) is 0 Å². The predicted molar refractivity (Wildman–Crippen MR) is 98.1 cm³/mol. The minimum atomic E-state index is -0.310. The second kappa shape index (κ2) is 7.31. The van der Waals surface area contributed by atoms with Crippen LogP contribution in [0.1, 0.15) is 55.9 Å². The van der Waals surface area contributed by atoms with Crippen molar-refractivity contribution in [2.75, 3.05) is 5.32 Å². The number of hydrogen-bond donors (Lipinski definition) is 1. The zero-order chi connectivity index (χ0) is 16.1. The Morgan fingerprint density at radius 2 is 1.91 bits per heavy atom. The number of carbonyl (C=O) groups is 1. The number of thiophene rings is 1. The van der Waals surface area contributed by atoms with E-state index in [0.29, 0.717) is 0 Å². The second-order valence-corrected chi connectivity index (χ2v) is 7.47. The molecule has 23 heavy (non-hydrogen) atoms. The highest BCUT2D eigenvalue weighted by molar-refractivity contribution is 7.10. The van der Waals surface area contributed by atoms with E-state index in [2.05, 4.69) is 41.9 Å². The Kier molecular flexibility index (Phi) is 5.16. The Labute approximate surface area is 142 Å². The lowest BCUT2D eigenvalue weighted by Crippen LogP contribution is -2.37. The van der Waals surface area contributed by atoms with Gasteiger partial charge in [0.1, 0.15) is 0 Å². The summed E-state index contributed by atoms with van der Waals surface area (Å²) in [6.07, 6.45) is 7.75. The van der Waals surface area contributed by atoms with E-state index >= 15 is 0 Å². The van der Waals surface area contributed by atoms with Crippen LogP contribution in [-0.4, -0.2) is 5.91 Å². The molecular formula is C20H25NOS. The van der Waals surface area contributed by atoms with Crippen LogP contribution in [0.5, 0.6) is 0 Å². The summed E-state index contributed by atoms with van der Waals surface area (Å²) in [5.74, 6) is 0.166. The Balaban J connectivity index is 1.72. The van der Waals surface area contributed by atoms with Gasteiger partial charge in [0, 0.05) is 10.6 Å². The highest BCUT2D eigenvalue weighted by atomic mass is 32.1. The number of nitrogens with one attached hydrogen (secondary N) is 1. The number of anilines is 1. The minimum absolute atomic E-state index is 0.166. The van der Waals surface area contributed by atoms with Crippen LogP contribution in [0.15, 0.2) is 41.8 Å². The quantitative estimate of drug-likeness (QED) is 0.741. The third kappa shape index (κ3) is 3.50. The van der Waals surface area contributed by atoms with Gasteiger partial charge in [-0.15, -0.1) is 11.3 Å². The van der Waals surface area contributed by atoms with Crippen molar-refractivity contribution in [2.24, 2.45) is 0 Å². The molecule has 122 valence electrons. The molecule has 1 amide bonds. The van der Waals surface area contributed by atoms with Crippen LogP contribution in [0, 0.1) is 0 Å². The smallest absolute Gasteiger partial charge is 0.235 e. The maximum absolute atomic E-state index is 13.0. The lowest BCUT2D eigenvalue weighted by atomic mass is 9.83. The van der Waals surface area contributed by atoms with Crippen molar-refractivity contribution < 1.29 is 4.79 Å². The molecule has 1 saturated carbocycles. The summed E-state index contributed by atoms with van der Waals surface area (Å²) in [5, 5.41) is 5.24. The first-order chi connectivity index (χ1) is 11.2. The molecule has 1 aromatic carbocycles. The molecule has 2 aromatic rings. The lowest BCUT2D eigenvalue weighted by Gasteiger charge is -2.26. The van der Waals surface area contributed by atoms with E-state index in [1.807, 2.05) is 12.1 Å². The van der Waals surface area contributed by atoms with Gasteiger partial charge in [0.2, 0.25) is 5.91 Å². The van der Waals surface area contributed by atoms with Crippen molar-refractivity contribution in [3.8, 4) is 0 Å². The van der Waals surface area contributed by atoms with Gasteiger partial charge in [0.15, 0.2) is 0 Å². The molecule has 1 aliphatic carbocycles. The van der Waals surface area contributed by atoms with Crippen molar-refractivity contribution in [3.63, 3.8) is 0 Å². The molecule has 2 nitrogen and oxygen atoms in total. The summed E-state index contributed by atoms with van der Waals surface area (Å²) in [6, 6.07) is 12.5. The second-order valence-electron chi connectivity index (χ2n) is 6.52. The van der Waals surface area contributed by atoms with Crippen LogP contribution in [0.2, 0.25) is 0 Å². The maximum Gasteiger partial charge on any atom is 0.235 e. The van der Waals surface area contributed by atoms with E-state index < -0.39 is 0 Å². The van der Waals surface area contributed by atoms with Gasteiger partial charge in [0.25, 0.3) is 0 Å². The van der Waals surface area contributed by atoms with Gasteiger partial charge >= 0.3 is 0 Å². The molecule has 0 spiro atoms. The Bertz CT molecular complexity index is 624. The van der Waals surface area contributed by atoms with Gasteiger partial charge < -0.3 is 5.32 Å². The van der Waals surface area contributed by atoms with Crippen LogP contribution in [0.25, 0.3) is 0 Å². The van der Waals surface area contributed by atoms with Gasteiger partial charge in [-0.3, -0.25) is 4.79 Å². The summed E-state index contributed by atoms with van der Waals surface area (Å²) in [4.78, 5) is 14.2. The molecule has 1 fully saturated rings. The van der Waals surface area contributed by atoms with Crippen LogP contribution in [0.3, 0.4) is 0 Å². The number of unbranched alkanes of at least 4 members (excludes halogenated alkanes) is 1. The number of aryl methyl sites for hydroxylation is 1. The highest BCUT2D eigenvalue weighted by Gasteiger charge is 2.43. The van der Waals surface area contributed by atoms with Crippen molar-refractivity contribution in [2.45, 2.75) is 57.3 Å². The Morgan fingerprint density at radius 3 is 2.52 bits per heavy atom. The van der Waals surface area contributed by atoms with Crippen LogP contribution < -0.4 is 5.32 Å². The maximum atomic E-state index is 13.0. The summed E-state index contributed by atoms with van der Waals surface area (Å²) in [6.45, 7) is 2.21. The molecular weight excluding hydrogens is 302 g/mol. The minimum Gasteiger partial charge on any atom is -0.325 e. The molecule has 1 N–H and O–H groups in total. The highest BCUT2D eigenvalue weighted by Crippen LogP contribution is 2.43. The number of carbonyl (C=O) groups excluding carboxylic acids is 1. The van der Waals surface area contributed by atoms with Crippen molar-refractivity contribution >= 4 is 22.9 Å². The fourth-order valence-electron chi connectivity index (χ4n) is 3.50. The average molecular weight is 327 g/mol. The van der Waals surface area contributed by atoms with E-state index in [0.717, 1.165) is 37.8 Å². The molecule has 0 saturated heterocycles. The first-order valence-electron chi connectivity index (χ1n) is 8.69. The monoisotopic (exact) mass is 327 g/mol. The lowest BCUT2D eigenvalue weighted by molar-refractivity contribution is -0.121. The Hall–Kier alpha value is -1.61. The van der Waals surface area contributed by atoms with Crippen LogP contribution in [0.4, 0.5) is 5.69 Å². The first kappa shape index (κ1) is 16.3. The topological polar surface area (TPSA) is 29.1 Å². The van der Waals surface area contributed by atoms with E-state index in [-0.39, 0.29) is 11.3 Å². The van der Waals surface area contributed by atoms with Crippen molar-refractivity contribution in [3.05, 3.63) is 52.2 Å². The average Bonchev–Trinajstić information content (AvgIpc) is 3.26. The van der Waals surface area contributed by atoms with Gasteiger partial charge in [-0.1, -0.05) is 44.4 Å². The number of amides is 1. The van der Waals surface area contributed by atoms with Gasteiger partial charge in [-0.05, 0) is 54.8 Å². The van der Waals surface area contributed by atoms with E-state index in [9.17, 15) is 4.79 Å². The van der Waals surface area contributed by atoms with Crippen molar-refractivity contribution in [1.82, 2.24) is 0 Å². The molecule has 0 radical (unpaired) electrons. The van der Waals surface area contributed by atoms with Gasteiger partial charge in [0.05, 0.1) is 5.41 Å². The van der Waals surface area contributed by atoms with E-state index in [1.165, 1.54) is 23.3 Å². The summed E-state index contributed by atoms with van der Waals surface area (Å²) in [7, 11) is 0. The van der Waals surface area contributed by atoms with E-state index in [1.54, 1.807) is 11.3 Å². The molecule has 0 unspecified atom stereocenters.